The van der Waals surface area contributed by atoms with Crippen LogP contribution in [0.1, 0.15) is 16.8 Å². The number of ether oxygens (including phenoxy) is 1. The van der Waals surface area contributed by atoms with Crippen LogP contribution in [0.4, 0.5) is 5.69 Å². The van der Waals surface area contributed by atoms with Gasteiger partial charge in [0.15, 0.2) is 4.96 Å². The first-order valence-corrected chi connectivity index (χ1v) is 9.88. The zero-order chi connectivity index (χ0) is 19.7. The van der Waals surface area contributed by atoms with Crippen LogP contribution in [0.5, 0.6) is 5.75 Å². The van der Waals surface area contributed by atoms with Crippen LogP contribution < -0.4 is 10.1 Å². The van der Waals surface area contributed by atoms with Gasteiger partial charge >= 0.3 is 0 Å². The fraction of sp³-hybridized carbons (Fsp3) is 0.182. The molecule has 0 aliphatic heterocycles. The maximum absolute atomic E-state index is 12.5. The van der Waals surface area contributed by atoms with E-state index in [4.69, 9.17) is 4.74 Å². The third kappa shape index (κ3) is 4.44. The summed E-state index contributed by atoms with van der Waals surface area (Å²) in [6, 6.07) is 13.7. The Balaban J connectivity index is 0.00000240. The Labute approximate surface area is 179 Å². The highest BCUT2D eigenvalue weighted by Gasteiger charge is 2.13. The van der Waals surface area contributed by atoms with E-state index >= 15 is 0 Å². The normalized spacial score (nSPS) is 10.6. The van der Waals surface area contributed by atoms with Gasteiger partial charge in [-0.2, -0.15) is 0 Å². The number of methoxy groups -OCH3 is 1. The van der Waals surface area contributed by atoms with E-state index in [0.29, 0.717) is 6.42 Å². The highest BCUT2D eigenvalue weighted by Crippen LogP contribution is 2.25. The minimum Gasteiger partial charge on any atom is -0.497 e. The highest BCUT2D eigenvalue weighted by molar-refractivity contribution is 7.15. The molecule has 0 fully saturated rings. The quantitative estimate of drug-likeness (QED) is 0.470. The Morgan fingerprint density at radius 3 is 2.59 bits per heavy atom. The molecule has 29 heavy (non-hydrogen) atoms. The lowest BCUT2D eigenvalue weighted by Gasteiger charge is -2.07. The van der Waals surface area contributed by atoms with Gasteiger partial charge in [-0.05, 0) is 61.4 Å². The van der Waals surface area contributed by atoms with Gasteiger partial charge in [-0.25, -0.2) is 4.98 Å². The second-order valence-electron chi connectivity index (χ2n) is 6.76. The standard InChI is InChI=1S/C22H21N3O2S.ClH/c1-14-4-7-17(10-15(14)2)23-21(26)11-18-13-28-22-24-20(12-25(18)22)16-5-8-19(27-3)9-6-16;/h4-10,12-13H,11H2,1-3H3,(H,23,26);1H. The van der Waals surface area contributed by atoms with E-state index < -0.39 is 0 Å². The van der Waals surface area contributed by atoms with Crippen LogP contribution in [-0.2, 0) is 11.2 Å². The molecule has 2 aromatic heterocycles. The summed E-state index contributed by atoms with van der Waals surface area (Å²) in [6.45, 7) is 4.10. The predicted octanol–water partition coefficient (Wildman–Crippen LogP) is 5.29. The lowest BCUT2D eigenvalue weighted by atomic mass is 10.1. The van der Waals surface area contributed by atoms with Gasteiger partial charge in [-0.15, -0.1) is 23.7 Å². The summed E-state index contributed by atoms with van der Waals surface area (Å²) in [5, 5.41) is 4.97. The zero-order valence-electron chi connectivity index (χ0n) is 16.4. The monoisotopic (exact) mass is 427 g/mol. The lowest BCUT2D eigenvalue weighted by molar-refractivity contribution is -0.115. The van der Waals surface area contributed by atoms with Crippen LogP contribution in [0.25, 0.3) is 16.2 Å². The first-order chi connectivity index (χ1) is 13.5. The maximum atomic E-state index is 12.5. The second kappa shape index (κ2) is 8.68. The number of aromatic nitrogens is 2. The van der Waals surface area contributed by atoms with Crippen molar-refractivity contribution in [3.05, 3.63) is 70.9 Å². The molecule has 0 bridgehead atoms. The fourth-order valence-electron chi connectivity index (χ4n) is 3.05. The average Bonchev–Trinajstić information content (AvgIpc) is 3.27. The molecule has 4 rings (SSSR count). The van der Waals surface area contributed by atoms with E-state index in [9.17, 15) is 4.79 Å². The summed E-state index contributed by atoms with van der Waals surface area (Å²) in [5.41, 5.74) is 6.02. The molecule has 2 aromatic carbocycles. The number of hydrogen-bond donors (Lipinski definition) is 1. The smallest absolute Gasteiger partial charge is 0.230 e. The molecule has 1 N–H and O–H groups in total. The number of rotatable bonds is 5. The molecule has 0 saturated carbocycles. The summed E-state index contributed by atoms with van der Waals surface area (Å²) < 4.78 is 7.20. The Bertz CT molecular complexity index is 1150. The van der Waals surface area contributed by atoms with Crippen molar-refractivity contribution in [3.8, 4) is 17.0 Å². The summed E-state index contributed by atoms with van der Waals surface area (Å²) in [5.74, 6) is 0.774. The van der Waals surface area contributed by atoms with Crippen LogP contribution in [0, 0.1) is 13.8 Å². The largest absolute Gasteiger partial charge is 0.497 e. The van der Waals surface area contributed by atoms with E-state index in [2.05, 4.69) is 17.2 Å². The van der Waals surface area contributed by atoms with Gasteiger partial charge in [0, 0.05) is 28.5 Å². The van der Waals surface area contributed by atoms with E-state index in [1.54, 1.807) is 7.11 Å². The first-order valence-electron chi connectivity index (χ1n) is 9.00. The number of carbonyl (C=O) groups excluding carboxylic acids is 1. The van der Waals surface area contributed by atoms with Gasteiger partial charge in [-0.1, -0.05) is 6.07 Å². The van der Waals surface area contributed by atoms with E-state index in [1.807, 2.05) is 65.4 Å². The molecule has 0 unspecified atom stereocenters. The summed E-state index contributed by atoms with van der Waals surface area (Å²) >= 11 is 1.54. The SMILES string of the molecule is COc1ccc(-c2cn3c(CC(=O)Nc4ccc(C)c(C)c4)csc3n2)cc1.Cl. The van der Waals surface area contributed by atoms with Gasteiger partial charge in [0.1, 0.15) is 5.75 Å². The molecule has 0 aliphatic carbocycles. The molecule has 150 valence electrons. The lowest BCUT2D eigenvalue weighted by Crippen LogP contribution is -2.15. The van der Waals surface area contributed by atoms with Crippen molar-refractivity contribution in [2.24, 2.45) is 0 Å². The molecule has 0 radical (unpaired) electrons. The van der Waals surface area contributed by atoms with Crippen molar-refractivity contribution >= 4 is 40.3 Å². The molecule has 5 nitrogen and oxygen atoms in total. The molecular weight excluding hydrogens is 406 g/mol. The van der Waals surface area contributed by atoms with Crippen LogP contribution in [0.15, 0.2) is 54.0 Å². The molecule has 0 atom stereocenters. The third-order valence-electron chi connectivity index (χ3n) is 4.80. The average molecular weight is 428 g/mol. The van der Waals surface area contributed by atoms with Gasteiger partial charge in [0.25, 0.3) is 0 Å². The van der Waals surface area contributed by atoms with Crippen molar-refractivity contribution in [1.29, 1.82) is 0 Å². The van der Waals surface area contributed by atoms with Gasteiger partial charge in [-0.3, -0.25) is 9.20 Å². The number of nitrogens with one attached hydrogen (secondary N) is 1. The number of hydrogen-bond acceptors (Lipinski definition) is 4. The zero-order valence-corrected chi connectivity index (χ0v) is 18.1. The number of amides is 1. The molecule has 0 spiro atoms. The summed E-state index contributed by atoms with van der Waals surface area (Å²) in [6.07, 6.45) is 2.28. The molecule has 4 aromatic rings. The number of aryl methyl sites for hydroxylation is 2. The number of thiazole rings is 1. The molecule has 0 aliphatic rings. The number of anilines is 1. The number of fused-ring (bicyclic) bond motifs is 1. The number of imidazole rings is 1. The molecule has 2 heterocycles. The topological polar surface area (TPSA) is 55.6 Å². The number of nitrogens with zero attached hydrogens (tertiary/aromatic N) is 2. The minimum atomic E-state index is -0.0392. The van der Waals surface area contributed by atoms with Gasteiger partial charge in [0.2, 0.25) is 5.91 Å². The Morgan fingerprint density at radius 2 is 1.90 bits per heavy atom. The number of benzene rings is 2. The molecular formula is C22H22ClN3O2S. The van der Waals surface area contributed by atoms with Crippen molar-refractivity contribution < 1.29 is 9.53 Å². The Kier molecular flexibility index (Phi) is 6.25. The maximum Gasteiger partial charge on any atom is 0.230 e. The predicted molar refractivity (Wildman–Crippen MR) is 121 cm³/mol. The number of halogens is 1. The number of carbonyl (C=O) groups is 1. The van der Waals surface area contributed by atoms with Crippen molar-refractivity contribution in [2.45, 2.75) is 20.3 Å². The van der Waals surface area contributed by atoms with Crippen molar-refractivity contribution in [3.63, 3.8) is 0 Å². The van der Waals surface area contributed by atoms with Crippen molar-refractivity contribution in [2.75, 3.05) is 12.4 Å². The summed E-state index contributed by atoms with van der Waals surface area (Å²) in [7, 11) is 1.65. The minimum absolute atomic E-state index is 0. The van der Waals surface area contributed by atoms with Crippen molar-refractivity contribution in [1.82, 2.24) is 9.38 Å². The Morgan fingerprint density at radius 1 is 1.14 bits per heavy atom. The van der Waals surface area contributed by atoms with Gasteiger partial charge < -0.3 is 10.1 Å². The van der Waals surface area contributed by atoms with Crippen LogP contribution in [-0.4, -0.2) is 22.4 Å². The highest BCUT2D eigenvalue weighted by atomic mass is 35.5. The van der Waals surface area contributed by atoms with Crippen LogP contribution in [0.3, 0.4) is 0 Å². The van der Waals surface area contributed by atoms with E-state index in [1.165, 1.54) is 16.9 Å². The molecule has 0 saturated heterocycles. The fourth-order valence-corrected chi connectivity index (χ4v) is 3.92. The molecule has 1 amide bonds. The Hall–Kier alpha value is -2.83. The van der Waals surface area contributed by atoms with E-state index in [0.717, 1.165) is 38.9 Å². The first kappa shape index (κ1) is 20.9. The second-order valence-corrected chi connectivity index (χ2v) is 7.59. The summed E-state index contributed by atoms with van der Waals surface area (Å²) in [4.78, 5) is 18.1. The van der Waals surface area contributed by atoms with E-state index in [-0.39, 0.29) is 18.3 Å². The third-order valence-corrected chi connectivity index (χ3v) is 5.69. The van der Waals surface area contributed by atoms with Crippen LogP contribution >= 0.6 is 23.7 Å². The van der Waals surface area contributed by atoms with Crippen LogP contribution in [0.2, 0.25) is 0 Å². The van der Waals surface area contributed by atoms with Gasteiger partial charge in [0.05, 0.1) is 19.2 Å². The molecule has 7 heteroatoms.